The number of imidazole rings is 2. The molecule has 11 atom stereocenters. The highest BCUT2D eigenvalue weighted by Crippen LogP contribution is 2.73. The number of rotatable bonds is 3. The standard InChI is InChI=1S/C24H29N9O10P2S2/c1-9-30-21-14(22(36)31-9)29-8-33(21)23-17-10(3-34)12(41-23)4-39-44(37,46)43-18-16(35)15(11-2-24(11,18)5-40-45(38,47)42-17)32-7-28-13-19(25)26-6-27-20(13)32/h6-8,10-12,15-18,23,34-35H,2-5H2,1H3,(H,37,46)(H,38,47)(H2,25,26,27)(H,30,31,36)/t10-,11-,12-,15-,16+,17-,18+,23-,24?,44+,45?/m1/s1. The van der Waals surface area contributed by atoms with Gasteiger partial charge in [-0.1, -0.05) is 24.5 Å². The number of aliphatic hydroxyl groups is 2. The molecule has 19 nitrogen and oxygen atoms in total. The lowest BCUT2D eigenvalue weighted by molar-refractivity contribution is -0.0541. The van der Waals surface area contributed by atoms with Gasteiger partial charge in [0.15, 0.2) is 28.9 Å². The van der Waals surface area contributed by atoms with Crippen molar-refractivity contribution >= 4 is 66.2 Å². The first-order valence-corrected chi connectivity index (χ1v) is 19.8. The first-order valence-electron chi connectivity index (χ1n) is 14.4. The van der Waals surface area contributed by atoms with Crippen molar-refractivity contribution in [3.63, 3.8) is 0 Å². The van der Waals surface area contributed by atoms with Crippen molar-refractivity contribution in [3.05, 3.63) is 35.2 Å². The van der Waals surface area contributed by atoms with E-state index in [4.69, 9.17) is 28.6 Å². The number of hydrogen-bond acceptors (Lipinski definition) is 16. The Morgan fingerprint density at radius 1 is 1.09 bits per heavy atom. The van der Waals surface area contributed by atoms with Crippen LogP contribution < -0.4 is 11.3 Å². The molecule has 6 heterocycles. The molecule has 5 N–H and O–H groups in total. The minimum Gasteiger partial charge on any atom is -0.396 e. The maximum absolute atomic E-state index is 13.9. The molecule has 23 heteroatoms. The predicted octanol–water partition coefficient (Wildman–Crippen LogP) is 1.17. The number of aromatic nitrogens is 8. The Balaban J connectivity index is 1.15. The van der Waals surface area contributed by atoms with Gasteiger partial charge in [0, 0.05) is 11.3 Å². The first-order chi connectivity index (χ1) is 22.3. The normalized spacial score (nSPS) is 40.4. The molecule has 4 aromatic rings. The molecule has 47 heavy (non-hydrogen) atoms. The van der Waals surface area contributed by atoms with Gasteiger partial charge in [-0.15, -0.1) is 0 Å². The molecular weight excluding hydrogens is 700 g/mol. The highest BCUT2D eigenvalue weighted by atomic mass is 32.7. The average molecular weight is 730 g/mol. The van der Waals surface area contributed by atoms with Gasteiger partial charge in [-0.05, 0) is 19.3 Å². The fourth-order valence-electron chi connectivity index (χ4n) is 7.23. The van der Waals surface area contributed by atoms with Crippen LogP contribution in [-0.4, -0.2) is 93.5 Å². The number of thiol groups is 2. The van der Waals surface area contributed by atoms with E-state index in [2.05, 4.69) is 54.4 Å². The number of nitrogen functional groups attached to an aromatic ring is 1. The number of nitrogens with one attached hydrogen (secondary N) is 1. The van der Waals surface area contributed by atoms with Crippen LogP contribution >= 0.6 is 38.1 Å². The van der Waals surface area contributed by atoms with Crippen molar-refractivity contribution < 1.29 is 42.2 Å². The Bertz CT molecular complexity index is 2060. The lowest BCUT2D eigenvalue weighted by Gasteiger charge is -2.31. The number of nitrogens with zero attached hydrogens (tertiary/aromatic N) is 7. The first kappa shape index (κ1) is 31.8. The molecule has 2 aliphatic heterocycles. The molecule has 2 bridgehead atoms. The van der Waals surface area contributed by atoms with Gasteiger partial charge in [0.05, 0.1) is 44.6 Å². The molecule has 0 radical (unpaired) electrons. The van der Waals surface area contributed by atoms with Crippen molar-refractivity contribution in [1.29, 1.82) is 0 Å². The lowest BCUT2D eigenvalue weighted by Crippen LogP contribution is -2.37. The van der Waals surface area contributed by atoms with E-state index in [1.54, 1.807) is 11.5 Å². The SMILES string of the molecule is Cc1nc2c(ncn2[C@@H]2O[C@@H]3CO[P@](=O)(S)O[C@H]4[C@@H](O)[C@H](n5cnc6c(N)ncnc65)[C@H]5CC54COP(=O)(S)O[C@@H]2[C@@H]3CO)c(=O)[nH]1. The van der Waals surface area contributed by atoms with E-state index in [1.165, 1.54) is 23.5 Å². The summed E-state index contributed by atoms with van der Waals surface area (Å²) in [7, 11) is 0. The van der Waals surface area contributed by atoms with E-state index >= 15 is 0 Å². The van der Waals surface area contributed by atoms with E-state index in [1.807, 2.05) is 0 Å². The predicted molar refractivity (Wildman–Crippen MR) is 168 cm³/mol. The van der Waals surface area contributed by atoms with Crippen LogP contribution in [0.3, 0.4) is 0 Å². The summed E-state index contributed by atoms with van der Waals surface area (Å²) in [5, 5.41) is 22.1. The van der Waals surface area contributed by atoms with E-state index in [9.17, 15) is 24.1 Å². The third kappa shape index (κ3) is 5.10. The van der Waals surface area contributed by atoms with Crippen LogP contribution in [0.2, 0.25) is 0 Å². The van der Waals surface area contributed by atoms with Gasteiger partial charge < -0.3 is 34.8 Å². The van der Waals surface area contributed by atoms with Crippen LogP contribution in [0.25, 0.3) is 22.3 Å². The number of nitrogens with two attached hydrogens (primary N) is 1. The smallest absolute Gasteiger partial charge is 0.386 e. The number of aliphatic hydroxyl groups excluding tert-OH is 2. The van der Waals surface area contributed by atoms with Gasteiger partial charge in [0.2, 0.25) is 0 Å². The summed E-state index contributed by atoms with van der Waals surface area (Å²) in [6.45, 7) is -8.13. The second-order valence-electron chi connectivity index (χ2n) is 12.1. The lowest BCUT2D eigenvalue weighted by atomic mass is 9.99. The quantitative estimate of drug-likeness (QED) is 0.128. The molecule has 2 unspecified atom stereocenters. The van der Waals surface area contributed by atoms with Crippen molar-refractivity contribution in [2.24, 2.45) is 17.3 Å². The van der Waals surface area contributed by atoms with Crippen molar-refractivity contribution in [2.45, 2.75) is 50.0 Å². The number of H-pyrrole nitrogens is 1. The third-order valence-corrected chi connectivity index (χ3v) is 12.6. The Kier molecular flexibility index (Phi) is 7.48. The molecule has 2 saturated carbocycles. The fraction of sp³-hybridized carbons (Fsp3) is 0.583. The Morgan fingerprint density at radius 3 is 2.62 bits per heavy atom. The van der Waals surface area contributed by atoms with E-state index < -0.39 is 80.4 Å². The van der Waals surface area contributed by atoms with Crippen LogP contribution in [0.15, 0.2) is 23.8 Å². The van der Waals surface area contributed by atoms with Crippen molar-refractivity contribution in [1.82, 2.24) is 39.0 Å². The summed E-state index contributed by atoms with van der Waals surface area (Å²) in [5.74, 6) is -0.788. The zero-order valence-electron chi connectivity index (χ0n) is 24.3. The zero-order valence-corrected chi connectivity index (χ0v) is 27.9. The molecule has 8 rings (SSSR count). The van der Waals surface area contributed by atoms with Gasteiger partial charge >= 0.3 is 13.6 Å². The largest absolute Gasteiger partial charge is 0.396 e. The molecule has 2 aliphatic carbocycles. The Morgan fingerprint density at radius 2 is 1.83 bits per heavy atom. The number of fused-ring (bicyclic) bond motifs is 4. The van der Waals surface area contributed by atoms with E-state index in [0.717, 1.165) is 0 Å². The second kappa shape index (κ2) is 11.0. The maximum Gasteiger partial charge on any atom is 0.386 e. The van der Waals surface area contributed by atoms with Gasteiger partial charge in [0.1, 0.15) is 36.0 Å². The highest BCUT2D eigenvalue weighted by Gasteiger charge is 2.74. The zero-order chi connectivity index (χ0) is 33.0. The fourth-order valence-corrected chi connectivity index (χ4v) is 10.3. The summed E-state index contributed by atoms with van der Waals surface area (Å²) in [6, 6.07) is -0.680. The number of aromatic amines is 1. The minimum atomic E-state index is -4.25. The summed E-state index contributed by atoms with van der Waals surface area (Å²) in [4.78, 5) is 36.2. The van der Waals surface area contributed by atoms with Crippen LogP contribution in [0.4, 0.5) is 5.82 Å². The molecule has 0 aromatic carbocycles. The molecule has 4 fully saturated rings. The minimum absolute atomic E-state index is 0.0188. The molecule has 2 saturated heterocycles. The van der Waals surface area contributed by atoms with Gasteiger partial charge in [0.25, 0.3) is 5.56 Å². The van der Waals surface area contributed by atoms with Crippen molar-refractivity contribution in [2.75, 3.05) is 25.6 Å². The number of ether oxygens (including phenoxy) is 1. The second-order valence-corrected chi connectivity index (χ2v) is 17.8. The Hall–Kier alpha value is -2.42. The van der Waals surface area contributed by atoms with Crippen LogP contribution in [0.5, 0.6) is 0 Å². The monoisotopic (exact) mass is 729 g/mol. The summed E-state index contributed by atoms with van der Waals surface area (Å²) in [6.07, 6.45) is -1.32. The number of anilines is 1. The third-order valence-electron chi connectivity index (χ3n) is 9.46. The highest BCUT2D eigenvalue weighted by molar-refractivity contribution is 8.44. The summed E-state index contributed by atoms with van der Waals surface area (Å²) in [5.41, 5.74) is 5.37. The topological polar surface area (TPSA) is 254 Å². The average Bonchev–Trinajstić information content (AvgIpc) is 3.30. The molecule has 4 aliphatic rings. The molecule has 0 amide bonds. The van der Waals surface area contributed by atoms with E-state index in [-0.39, 0.29) is 29.5 Å². The molecular formula is C24H29N9O10P2S2. The van der Waals surface area contributed by atoms with Crippen molar-refractivity contribution in [3.8, 4) is 0 Å². The Labute approximate surface area is 274 Å². The van der Waals surface area contributed by atoms with Gasteiger partial charge in [-0.2, -0.15) is 0 Å². The maximum atomic E-state index is 13.9. The summed E-state index contributed by atoms with van der Waals surface area (Å²) < 4.78 is 60.5. The van der Waals surface area contributed by atoms with Crippen LogP contribution in [-0.2, 0) is 32.0 Å². The number of aryl methyl sites for hydroxylation is 1. The summed E-state index contributed by atoms with van der Waals surface area (Å²) >= 11 is 8.50. The number of hydrogen-bond donors (Lipinski definition) is 6. The van der Waals surface area contributed by atoms with Gasteiger partial charge in [-0.3, -0.25) is 22.9 Å². The molecule has 4 aromatic heterocycles. The molecule has 252 valence electrons. The van der Waals surface area contributed by atoms with E-state index in [0.29, 0.717) is 23.4 Å². The van der Waals surface area contributed by atoms with Crippen LogP contribution in [0, 0.1) is 24.2 Å². The van der Waals surface area contributed by atoms with Gasteiger partial charge in [-0.25, -0.2) is 34.0 Å². The molecule has 1 spiro atoms. The van der Waals surface area contributed by atoms with Crippen LogP contribution in [0.1, 0.15) is 24.5 Å².